The van der Waals surface area contributed by atoms with Crippen LogP contribution in [-0.4, -0.2) is 15.7 Å². The lowest BCUT2D eigenvalue weighted by Crippen LogP contribution is -2.23. The summed E-state index contributed by atoms with van der Waals surface area (Å²) in [7, 11) is 0. The Bertz CT molecular complexity index is 1270. The van der Waals surface area contributed by atoms with Gasteiger partial charge >= 0.3 is 6.18 Å². The molecule has 0 fully saturated rings. The molecule has 1 N–H and O–H groups in total. The third kappa shape index (κ3) is 5.43. The first kappa shape index (κ1) is 23.0. The van der Waals surface area contributed by atoms with Gasteiger partial charge in [-0.25, -0.2) is 9.07 Å². The first-order chi connectivity index (χ1) is 16.3. The van der Waals surface area contributed by atoms with Crippen LogP contribution >= 0.6 is 0 Å². The average molecular weight is 469 g/mol. The summed E-state index contributed by atoms with van der Waals surface area (Å²) < 4.78 is 59.5. The summed E-state index contributed by atoms with van der Waals surface area (Å²) in [5, 5.41) is 6.82. The number of benzene rings is 3. The van der Waals surface area contributed by atoms with E-state index in [1.165, 1.54) is 47.3 Å². The van der Waals surface area contributed by atoms with Crippen LogP contribution in [0.15, 0.2) is 85.1 Å². The SMILES string of the molecule is O=C(NCc1cccc(C(F)(F)F)c1)c1cnn(-c2ccc(F)cc2)c1OCc1ccccc1. The van der Waals surface area contributed by atoms with Gasteiger partial charge in [-0.3, -0.25) is 4.79 Å². The van der Waals surface area contributed by atoms with E-state index >= 15 is 0 Å². The molecular formula is C25H19F4N3O2. The van der Waals surface area contributed by atoms with Crippen molar-refractivity contribution in [2.75, 3.05) is 0 Å². The van der Waals surface area contributed by atoms with Gasteiger partial charge in [0, 0.05) is 6.54 Å². The lowest BCUT2D eigenvalue weighted by molar-refractivity contribution is -0.137. The summed E-state index contributed by atoms with van der Waals surface area (Å²) in [6.07, 6.45) is -3.18. The van der Waals surface area contributed by atoms with Crippen LogP contribution in [0.3, 0.4) is 0 Å². The van der Waals surface area contributed by atoms with Gasteiger partial charge < -0.3 is 10.1 Å². The lowest BCUT2D eigenvalue weighted by Gasteiger charge is -2.12. The average Bonchev–Trinajstić information content (AvgIpc) is 3.26. The molecular weight excluding hydrogens is 450 g/mol. The highest BCUT2D eigenvalue weighted by molar-refractivity contribution is 5.96. The Balaban J connectivity index is 1.57. The maximum absolute atomic E-state index is 13.4. The minimum absolute atomic E-state index is 0.0900. The number of rotatable bonds is 7. The fraction of sp³-hybridized carbons (Fsp3) is 0.120. The van der Waals surface area contributed by atoms with E-state index in [1.54, 1.807) is 0 Å². The molecule has 0 saturated carbocycles. The molecule has 9 heteroatoms. The van der Waals surface area contributed by atoms with Crippen LogP contribution in [-0.2, 0) is 19.3 Å². The van der Waals surface area contributed by atoms with E-state index < -0.39 is 23.5 Å². The smallest absolute Gasteiger partial charge is 0.416 e. The fourth-order valence-corrected chi connectivity index (χ4v) is 3.26. The van der Waals surface area contributed by atoms with Gasteiger partial charge in [0.15, 0.2) is 0 Å². The van der Waals surface area contributed by atoms with Gasteiger partial charge in [0.05, 0.1) is 17.4 Å². The molecule has 0 radical (unpaired) electrons. The number of alkyl halides is 3. The molecule has 4 rings (SSSR count). The van der Waals surface area contributed by atoms with Crippen molar-refractivity contribution >= 4 is 5.91 Å². The van der Waals surface area contributed by atoms with Crippen LogP contribution in [0.4, 0.5) is 17.6 Å². The minimum Gasteiger partial charge on any atom is -0.472 e. The summed E-state index contributed by atoms with van der Waals surface area (Å²) in [5.74, 6) is -0.882. The molecule has 5 nitrogen and oxygen atoms in total. The van der Waals surface area contributed by atoms with Crippen LogP contribution in [0.2, 0.25) is 0 Å². The monoisotopic (exact) mass is 469 g/mol. The largest absolute Gasteiger partial charge is 0.472 e. The molecule has 0 atom stereocenters. The van der Waals surface area contributed by atoms with E-state index in [9.17, 15) is 22.4 Å². The molecule has 34 heavy (non-hydrogen) atoms. The van der Waals surface area contributed by atoms with Crippen molar-refractivity contribution in [2.45, 2.75) is 19.3 Å². The second-order valence-electron chi connectivity index (χ2n) is 7.41. The van der Waals surface area contributed by atoms with Crippen molar-refractivity contribution in [3.8, 4) is 11.6 Å². The van der Waals surface area contributed by atoms with E-state index in [0.29, 0.717) is 11.3 Å². The fourth-order valence-electron chi connectivity index (χ4n) is 3.26. The van der Waals surface area contributed by atoms with Crippen molar-refractivity contribution in [1.29, 1.82) is 0 Å². The van der Waals surface area contributed by atoms with E-state index in [1.807, 2.05) is 30.3 Å². The second kappa shape index (κ2) is 9.78. The van der Waals surface area contributed by atoms with Crippen LogP contribution in [0.1, 0.15) is 27.0 Å². The Labute approximate surface area is 192 Å². The van der Waals surface area contributed by atoms with Crippen LogP contribution in [0.5, 0.6) is 5.88 Å². The first-order valence-corrected chi connectivity index (χ1v) is 10.3. The highest BCUT2D eigenvalue weighted by Crippen LogP contribution is 2.29. The Morgan fingerprint density at radius 2 is 1.65 bits per heavy atom. The Morgan fingerprint density at radius 1 is 0.941 bits per heavy atom. The number of carbonyl (C=O) groups excluding carboxylic acids is 1. The van der Waals surface area contributed by atoms with Crippen LogP contribution in [0, 0.1) is 5.82 Å². The van der Waals surface area contributed by atoms with Gasteiger partial charge in [0.1, 0.15) is 18.0 Å². The Kier molecular flexibility index (Phi) is 6.62. The molecule has 0 unspecified atom stereocenters. The van der Waals surface area contributed by atoms with E-state index in [0.717, 1.165) is 17.7 Å². The number of ether oxygens (including phenoxy) is 1. The number of aromatic nitrogens is 2. The maximum atomic E-state index is 13.4. The Hall–Kier alpha value is -4.14. The van der Waals surface area contributed by atoms with Gasteiger partial charge in [-0.05, 0) is 47.5 Å². The zero-order chi connectivity index (χ0) is 24.1. The maximum Gasteiger partial charge on any atom is 0.416 e. The number of hydrogen-bond donors (Lipinski definition) is 1. The van der Waals surface area contributed by atoms with Gasteiger partial charge in [-0.1, -0.05) is 42.5 Å². The van der Waals surface area contributed by atoms with Crippen LogP contribution < -0.4 is 10.1 Å². The predicted octanol–water partition coefficient (Wildman–Crippen LogP) is 5.54. The molecule has 1 aromatic heterocycles. The first-order valence-electron chi connectivity index (χ1n) is 10.3. The lowest BCUT2D eigenvalue weighted by atomic mass is 10.1. The minimum atomic E-state index is -4.48. The molecule has 4 aromatic rings. The molecule has 0 aliphatic rings. The standard InChI is InChI=1S/C25H19F4N3O2/c26-20-9-11-21(12-10-20)32-24(34-16-17-5-2-1-3-6-17)22(15-31-32)23(33)30-14-18-7-4-8-19(13-18)25(27,28)29/h1-13,15H,14,16H2,(H,30,33). The van der Waals surface area contributed by atoms with Crippen molar-refractivity contribution < 1.29 is 27.1 Å². The molecule has 0 bridgehead atoms. The summed E-state index contributed by atoms with van der Waals surface area (Å²) in [6.45, 7) is 0.0181. The van der Waals surface area contributed by atoms with Crippen molar-refractivity contribution in [2.24, 2.45) is 0 Å². The number of hydrogen-bond acceptors (Lipinski definition) is 3. The molecule has 1 heterocycles. The molecule has 3 aromatic carbocycles. The summed E-state index contributed by atoms with van der Waals surface area (Å²) >= 11 is 0. The molecule has 1 amide bonds. The highest BCUT2D eigenvalue weighted by Gasteiger charge is 2.30. The van der Waals surface area contributed by atoms with Gasteiger partial charge in [-0.15, -0.1) is 0 Å². The summed E-state index contributed by atoms with van der Waals surface area (Å²) in [6, 6.07) is 19.5. The zero-order valence-electron chi connectivity index (χ0n) is 17.7. The number of nitrogens with one attached hydrogen (secondary N) is 1. The summed E-state index contributed by atoms with van der Waals surface area (Å²) in [5.41, 5.74) is 0.911. The van der Waals surface area contributed by atoms with Crippen molar-refractivity contribution in [3.05, 3.63) is 113 Å². The molecule has 0 aliphatic carbocycles. The van der Waals surface area contributed by atoms with Gasteiger partial charge in [0.2, 0.25) is 5.88 Å². The predicted molar refractivity (Wildman–Crippen MR) is 117 cm³/mol. The van der Waals surface area contributed by atoms with E-state index in [4.69, 9.17) is 4.74 Å². The Morgan fingerprint density at radius 3 is 2.35 bits per heavy atom. The van der Waals surface area contributed by atoms with Gasteiger partial charge in [-0.2, -0.15) is 18.3 Å². The number of amides is 1. The van der Waals surface area contributed by atoms with Crippen LogP contribution in [0.25, 0.3) is 5.69 Å². The molecule has 0 saturated heterocycles. The number of nitrogens with zero attached hydrogens (tertiary/aromatic N) is 2. The molecule has 0 spiro atoms. The normalized spacial score (nSPS) is 11.3. The third-order valence-corrected chi connectivity index (χ3v) is 4.97. The number of halogens is 4. The number of carbonyl (C=O) groups is 1. The third-order valence-electron chi connectivity index (χ3n) is 4.97. The topological polar surface area (TPSA) is 56.2 Å². The van der Waals surface area contributed by atoms with Crippen molar-refractivity contribution in [3.63, 3.8) is 0 Å². The van der Waals surface area contributed by atoms with Crippen molar-refractivity contribution in [1.82, 2.24) is 15.1 Å². The highest BCUT2D eigenvalue weighted by atomic mass is 19.4. The van der Waals surface area contributed by atoms with E-state index in [2.05, 4.69) is 10.4 Å². The summed E-state index contributed by atoms with van der Waals surface area (Å²) in [4.78, 5) is 12.9. The second-order valence-corrected chi connectivity index (χ2v) is 7.41. The molecule has 174 valence electrons. The van der Waals surface area contributed by atoms with Gasteiger partial charge in [0.25, 0.3) is 5.91 Å². The quantitative estimate of drug-likeness (QED) is 0.362. The molecule has 0 aliphatic heterocycles. The zero-order valence-corrected chi connectivity index (χ0v) is 17.7. The van der Waals surface area contributed by atoms with E-state index in [-0.39, 0.29) is 24.6 Å².